The van der Waals surface area contributed by atoms with E-state index in [4.69, 9.17) is 5.11 Å². The van der Waals surface area contributed by atoms with Gasteiger partial charge < -0.3 is 15.1 Å². The van der Waals surface area contributed by atoms with Crippen LogP contribution in [0.2, 0.25) is 0 Å². The summed E-state index contributed by atoms with van der Waals surface area (Å²) in [6.45, 7) is 3.53. The van der Waals surface area contributed by atoms with Gasteiger partial charge in [0.2, 0.25) is 0 Å². The molecule has 0 aliphatic rings. The molecule has 0 aromatic carbocycles. The highest BCUT2D eigenvalue weighted by atomic mass is 16.4. The highest BCUT2D eigenvalue weighted by Crippen LogP contribution is 2.14. The number of nitrogens with one attached hydrogen (secondary N) is 1. The molecular weight excluding hydrogens is 157 g/mol. The van der Waals surface area contributed by atoms with Crippen LogP contribution < -0.4 is 5.23 Å². The lowest BCUT2D eigenvalue weighted by Crippen LogP contribution is -2.53. The Bertz CT molecular complexity index is 168. The molecule has 0 aromatic rings. The smallest absolute Gasteiger partial charge is 0.322 e. The molecule has 1 radical (unpaired) electrons. The van der Waals surface area contributed by atoms with E-state index < -0.39 is 11.5 Å². The lowest BCUT2D eigenvalue weighted by atomic mass is 9.85. The zero-order chi connectivity index (χ0) is 9.61. The van der Waals surface area contributed by atoms with Crippen molar-refractivity contribution in [3.8, 4) is 0 Å². The molecule has 0 fully saturated rings. The van der Waals surface area contributed by atoms with E-state index in [1.165, 1.54) is 0 Å². The molecule has 0 rings (SSSR count). The van der Waals surface area contributed by atoms with Gasteiger partial charge in [-0.15, -0.1) is 0 Å². The van der Waals surface area contributed by atoms with E-state index in [0.29, 0.717) is 19.0 Å². The van der Waals surface area contributed by atoms with Gasteiger partial charge in [-0.05, 0) is 12.8 Å². The fraction of sp³-hybridized carbons (Fsp3) is 0.714. The van der Waals surface area contributed by atoms with Crippen LogP contribution in [0.4, 0.5) is 0 Å². The molecule has 67 valence electrons. The average molecular weight is 170 g/mol. The molecule has 0 heterocycles. The van der Waals surface area contributed by atoms with E-state index in [1.54, 1.807) is 13.8 Å². The Kier molecular flexibility index (Phi) is 4.58. The lowest BCUT2D eigenvalue weighted by Gasteiger charge is -2.27. The Morgan fingerprint density at radius 2 is 2.08 bits per heavy atom. The van der Waals surface area contributed by atoms with Crippen molar-refractivity contribution < 1.29 is 14.7 Å². The quantitative estimate of drug-likeness (QED) is 0.435. The number of hydrogen-bond acceptors (Lipinski definition) is 3. The van der Waals surface area contributed by atoms with E-state index in [-0.39, 0.29) is 0 Å². The Morgan fingerprint density at radius 3 is 2.33 bits per heavy atom. The normalized spacial score (nSPS) is 10.8. The number of hydrogen-bond donors (Lipinski definition) is 2. The van der Waals surface area contributed by atoms with Crippen molar-refractivity contribution in [2.45, 2.75) is 32.2 Å². The van der Waals surface area contributed by atoms with Gasteiger partial charge in [-0.2, -0.15) is 0 Å². The number of carbonyl (C=O) groups is 2. The molecule has 0 unspecified atom stereocenters. The molecule has 0 amide bonds. The second kappa shape index (κ2) is 4.93. The summed E-state index contributed by atoms with van der Waals surface area (Å²) in [5.74, 6) is -0.925. The fourth-order valence-corrected chi connectivity index (χ4v) is 1.01. The maximum Gasteiger partial charge on any atom is 0.322 e. The van der Waals surface area contributed by atoms with Gasteiger partial charge in [-0.25, -0.2) is 0 Å². The molecule has 0 spiro atoms. The van der Waals surface area contributed by atoms with E-state index in [0.717, 1.165) is 7.41 Å². The maximum absolute atomic E-state index is 10.8. The Morgan fingerprint density at radius 1 is 1.58 bits per heavy atom. The molecule has 0 saturated heterocycles. The molecule has 0 atom stereocenters. The van der Waals surface area contributed by atoms with Crippen LogP contribution in [0.25, 0.3) is 0 Å². The summed E-state index contributed by atoms with van der Waals surface area (Å²) in [6, 6.07) is 0. The maximum atomic E-state index is 10.8. The van der Waals surface area contributed by atoms with Crippen LogP contribution >= 0.6 is 0 Å². The first-order chi connectivity index (χ1) is 5.63. The first-order valence-electron chi connectivity index (χ1n) is 3.91. The largest absolute Gasteiger partial charge is 0.480 e. The van der Waals surface area contributed by atoms with Crippen molar-refractivity contribution in [3.63, 3.8) is 0 Å². The summed E-state index contributed by atoms with van der Waals surface area (Å²) >= 11 is 0. The summed E-state index contributed by atoms with van der Waals surface area (Å²) < 4.78 is 0. The van der Waals surface area contributed by atoms with E-state index in [1.807, 2.05) is 0 Å². The molecule has 0 aliphatic heterocycles. The monoisotopic (exact) mass is 170 g/mol. The van der Waals surface area contributed by atoms with Crippen LogP contribution in [0.3, 0.4) is 0 Å². The zero-order valence-electron chi connectivity index (χ0n) is 7.33. The molecule has 0 aliphatic carbocycles. The van der Waals surface area contributed by atoms with Crippen LogP contribution in [-0.4, -0.2) is 30.2 Å². The predicted molar refractivity (Wildman–Crippen MR) is 46.6 cm³/mol. The topological polar surface area (TPSA) is 66.4 Å². The van der Waals surface area contributed by atoms with Gasteiger partial charge in [0.05, 0.1) is 6.19 Å². The minimum atomic E-state index is -0.985. The molecule has 2 N–H and O–H groups in total. The Labute approximate surface area is 72.6 Å². The lowest BCUT2D eigenvalue weighted by molar-refractivity contribution is -0.144. The van der Waals surface area contributed by atoms with Crippen LogP contribution in [0.1, 0.15) is 26.7 Å². The van der Waals surface area contributed by atoms with Gasteiger partial charge in [0, 0.05) is 0 Å². The SMILES string of the molecule is CCC(CC)(N[B]C=O)C(=O)O. The van der Waals surface area contributed by atoms with Crippen LogP contribution in [-0.2, 0) is 9.59 Å². The summed E-state index contributed by atoms with van der Waals surface area (Å²) in [5.41, 5.74) is -0.985. The van der Waals surface area contributed by atoms with Gasteiger partial charge in [-0.1, -0.05) is 13.8 Å². The van der Waals surface area contributed by atoms with Crippen LogP contribution in [0, 0.1) is 0 Å². The van der Waals surface area contributed by atoms with Crippen molar-refractivity contribution >= 4 is 19.6 Å². The van der Waals surface area contributed by atoms with Crippen molar-refractivity contribution in [3.05, 3.63) is 0 Å². The minimum Gasteiger partial charge on any atom is -0.480 e. The van der Waals surface area contributed by atoms with Crippen molar-refractivity contribution in [2.24, 2.45) is 0 Å². The second-order valence-electron chi connectivity index (χ2n) is 2.54. The molecular formula is C7H13BNO3. The van der Waals surface area contributed by atoms with E-state index in [9.17, 15) is 9.59 Å². The van der Waals surface area contributed by atoms with Crippen molar-refractivity contribution in [1.29, 1.82) is 0 Å². The third-order valence-corrected chi connectivity index (χ3v) is 2.04. The van der Waals surface area contributed by atoms with E-state index in [2.05, 4.69) is 5.23 Å². The highest BCUT2D eigenvalue weighted by molar-refractivity contribution is 6.64. The average Bonchev–Trinajstić information content (AvgIpc) is 2.07. The van der Waals surface area contributed by atoms with Crippen molar-refractivity contribution in [1.82, 2.24) is 5.23 Å². The zero-order valence-corrected chi connectivity index (χ0v) is 7.33. The van der Waals surface area contributed by atoms with Crippen molar-refractivity contribution in [2.75, 3.05) is 0 Å². The number of carboxylic acid groups (broad SMARTS) is 1. The molecule has 0 aromatic heterocycles. The standard InChI is InChI=1S/C7H13BNO3/c1-3-7(4-2,6(11)12)9-8-5-10/h5,9H,3-4H2,1-2H3,(H,11,12). The third kappa shape index (κ3) is 2.34. The fourth-order valence-electron chi connectivity index (χ4n) is 1.01. The number of aliphatic carboxylic acids is 1. The Balaban J connectivity index is 4.34. The Hall–Kier alpha value is -0.835. The summed E-state index contributed by atoms with van der Waals surface area (Å²) in [5, 5.41) is 11.4. The first-order valence-corrected chi connectivity index (χ1v) is 3.91. The summed E-state index contributed by atoms with van der Waals surface area (Å²) in [6.07, 6.45) is 1.44. The first kappa shape index (κ1) is 11.2. The number of rotatable bonds is 6. The van der Waals surface area contributed by atoms with Gasteiger partial charge in [0.25, 0.3) is 7.41 Å². The third-order valence-electron chi connectivity index (χ3n) is 2.04. The molecule has 0 saturated carbocycles. The summed E-state index contributed by atoms with van der Waals surface area (Å²) in [4.78, 5) is 20.8. The van der Waals surface area contributed by atoms with Crippen LogP contribution in [0.5, 0.6) is 0 Å². The minimum absolute atomic E-state index is 0.448. The molecule has 5 heteroatoms. The number of carboxylic acids is 1. The molecule has 0 bridgehead atoms. The predicted octanol–water partition coefficient (Wildman–Crippen LogP) is 0.0288. The second-order valence-corrected chi connectivity index (χ2v) is 2.54. The van der Waals surface area contributed by atoms with Gasteiger partial charge in [-0.3, -0.25) is 4.79 Å². The van der Waals surface area contributed by atoms with Gasteiger partial charge in [0.1, 0.15) is 5.54 Å². The number of carbonyl (C=O) groups excluding carboxylic acids is 1. The highest BCUT2D eigenvalue weighted by Gasteiger charge is 2.33. The molecule has 4 nitrogen and oxygen atoms in total. The van der Waals surface area contributed by atoms with E-state index >= 15 is 0 Å². The van der Waals surface area contributed by atoms with Gasteiger partial charge >= 0.3 is 5.97 Å². The van der Waals surface area contributed by atoms with Crippen LogP contribution in [0.15, 0.2) is 0 Å². The van der Waals surface area contributed by atoms with Gasteiger partial charge in [0.15, 0.2) is 0 Å². The molecule has 12 heavy (non-hydrogen) atoms. The summed E-state index contributed by atoms with van der Waals surface area (Å²) in [7, 11) is 1.13.